The van der Waals surface area contributed by atoms with E-state index in [9.17, 15) is 18.4 Å². The molecule has 0 radical (unpaired) electrons. The number of hydrogen-bond acceptors (Lipinski definition) is 3. The van der Waals surface area contributed by atoms with Gasteiger partial charge in [0.05, 0.1) is 0 Å². The molecule has 0 saturated carbocycles. The van der Waals surface area contributed by atoms with Crippen LogP contribution in [-0.2, 0) is 20.9 Å². The predicted octanol–water partition coefficient (Wildman–Crippen LogP) is 1.56. The Morgan fingerprint density at radius 2 is 2.00 bits per heavy atom. The molecule has 2 rings (SSSR count). The number of carboxylic acids is 1. The Morgan fingerprint density at radius 1 is 1.33 bits per heavy atom. The molecule has 1 aromatic carbocycles. The van der Waals surface area contributed by atoms with Gasteiger partial charge in [-0.3, -0.25) is 4.79 Å². The van der Waals surface area contributed by atoms with Gasteiger partial charge in [-0.1, -0.05) is 6.07 Å². The number of hydrogen-bond donors (Lipinski definition) is 1. The normalized spacial score (nSPS) is 21.3. The summed E-state index contributed by atoms with van der Waals surface area (Å²) in [6.07, 6.45) is -1.23. The van der Waals surface area contributed by atoms with Crippen LogP contribution in [0.1, 0.15) is 18.4 Å². The van der Waals surface area contributed by atoms with Gasteiger partial charge >= 0.3 is 5.97 Å². The molecule has 114 valence electrons. The van der Waals surface area contributed by atoms with Crippen molar-refractivity contribution in [2.24, 2.45) is 0 Å². The van der Waals surface area contributed by atoms with Crippen molar-refractivity contribution in [1.29, 1.82) is 0 Å². The molecule has 7 heteroatoms. The Balaban J connectivity index is 1.98. The average molecular weight is 299 g/mol. The number of nitrogens with zero attached hydrogens (tertiary/aromatic N) is 1. The van der Waals surface area contributed by atoms with E-state index < -0.39 is 35.7 Å². The Hall–Kier alpha value is -2.02. The average Bonchev–Trinajstić information content (AvgIpc) is 2.90. The zero-order valence-corrected chi connectivity index (χ0v) is 11.4. The third-order valence-corrected chi connectivity index (χ3v) is 3.37. The minimum Gasteiger partial charge on any atom is -0.479 e. The zero-order chi connectivity index (χ0) is 15.6. The van der Waals surface area contributed by atoms with Crippen LogP contribution in [0.4, 0.5) is 8.78 Å². The molecule has 1 fully saturated rings. The largest absolute Gasteiger partial charge is 0.479 e. The number of likely N-dealkylation sites (N-methyl/N-ethyl adjacent to an activating group) is 1. The van der Waals surface area contributed by atoms with Crippen LogP contribution in [0.5, 0.6) is 0 Å². The van der Waals surface area contributed by atoms with Crippen molar-refractivity contribution in [3.05, 3.63) is 35.4 Å². The number of halogens is 2. The van der Waals surface area contributed by atoms with Crippen molar-refractivity contribution in [2.75, 3.05) is 7.05 Å². The van der Waals surface area contributed by atoms with Gasteiger partial charge in [0.2, 0.25) is 0 Å². The van der Waals surface area contributed by atoms with E-state index in [1.54, 1.807) is 0 Å². The summed E-state index contributed by atoms with van der Waals surface area (Å²) < 4.78 is 31.5. The van der Waals surface area contributed by atoms with Crippen LogP contribution in [0.3, 0.4) is 0 Å². The van der Waals surface area contributed by atoms with Crippen LogP contribution in [-0.4, -0.2) is 41.1 Å². The van der Waals surface area contributed by atoms with Crippen LogP contribution < -0.4 is 0 Å². The lowest BCUT2D eigenvalue weighted by Gasteiger charge is -2.21. The van der Waals surface area contributed by atoms with Crippen LogP contribution >= 0.6 is 0 Å². The third-order valence-electron chi connectivity index (χ3n) is 3.37. The molecule has 1 aromatic rings. The fourth-order valence-electron chi connectivity index (χ4n) is 2.23. The molecular formula is C14H15F2NO4. The molecule has 5 nitrogen and oxygen atoms in total. The minimum atomic E-state index is -1.10. The van der Waals surface area contributed by atoms with Crippen molar-refractivity contribution in [2.45, 2.75) is 31.6 Å². The number of carboxylic acid groups (broad SMARTS) is 1. The Labute approximate surface area is 120 Å². The number of benzene rings is 1. The molecule has 0 spiro atoms. The van der Waals surface area contributed by atoms with Crippen LogP contribution in [0.15, 0.2) is 18.2 Å². The second-order valence-electron chi connectivity index (χ2n) is 4.96. The summed E-state index contributed by atoms with van der Waals surface area (Å²) in [7, 11) is 1.46. The van der Waals surface area contributed by atoms with E-state index >= 15 is 0 Å². The first-order valence-electron chi connectivity index (χ1n) is 6.45. The molecular weight excluding hydrogens is 284 g/mol. The second-order valence-corrected chi connectivity index (χ2v) is 4.96. The molecule has 1 N–H and O–H groups in total. The lowest BCUT2D eigenvalue weighted by atomic mass is 10.1. The van der Waals surface area contributed by atoms with E-state index in [1.807, 2.05) is 0 Å². The smallest absolute Gasteiger partial charge is 0.332 e. The summed E-state index contributed by atoms with van der Waals surface area (Å²) in [4.78, 5) is 24.1. The first-order chi connectivity index (χ1) is 9.88. The van der Waals surface area contributed by atoms with Gasteiger partial charge in [0, 0.05) is 25.2 Å². The van der Waals surface area contributed by atoms with E-state index in [2.05, 4.69) is 0 Å². The van der Waals surface area contributed by atoms with Gasteiger partial charge in [0.1, 0.15) is 17.7 Å². The second kappa shape index (κ2) is 6.17. The molecule has 1 aliphatic heterocycles. The van der Waals surface area contributed by atoms with Crippen molar-refractivity contribution in [3.63, 3.8) is 0 Å². The third kappa shape index (κ3) is 3.55. The van der Waals surface area contributed by atoms with Crippen LogP contribution in [0.2, 0.25) is 0 Å². The molecule has 1 aliphatic rings. The quantitative estimate of drug-likeness (QED) is 0.916. The number of rotatable bonds is 4. The highest BCUT2D eigenvalue weighted by Crippen LogP contribution is 2.22. The summed E-state index contributed by atoms with van der Waals surface area (Å²) in [6.45, 7) is -0.0391. The monoisotopic (exact) mass is 299 g/mol. The number of aliphatic carboxylic acids is 1. The Bertz CT molecular complexity index is 564. The van der Waals surface area contributed by atoms with Crippen molar-refractivity contribution in [3.8, 4) is 0 Å². The first kappa shape index (κ1) is 15.4. The first-order valence-corrected chi connectivity index (χ1v) is 6.45. The van der Waals surface area contributed by atoms with Gasteiger partial charge in [-0.25, -0.2) is 13.6 Å². The summed E-state index contributed by atoms with van der Waals surface area (Å²) in [5.41, 5.74) is 0.181. The van der Waals surface area contributed by atoms with Crippen LogP contribution in [0.25, 0.3) is 0 Å². The summed E-state index contributed by atoms with van der Waals surface area (Å²) in [5, 5.41) is 8.81. The highest BCUT2D eigenvalue weighted by Gasteiger charge is 2.36. The molecule has 1 heterocycles. The van der Waals surface area contributed by atoms with Gasteiger partial charge in [0.25, 0.3) is 5.91 Å². The Morgan fingerprint density at radius 3 is 2.57 bits per heavy atom. The minimum absolute atomic E-state index is 0.0391. The molecule has 2 atom stereocenters. The molecule has 0 bridgehead atoms. The highest BCUT2D eigenvalue weighted by molar-refractivity contribution is 5.82. The summed E-state index contributed by atoms with van der Waals surface area (Å²) in [5.74, 6) is -2.93. The van der Waals surface area contributed by atoms with E-state index in [-0.39, 0.29) is 18.5 Å². The number of carbonyl (C=O) groups is 2. The molecule has 0 aliphatic carbocycles. The predicted molar refractivity (Wildman–Crippen MR) is 68.4 cm³/mol. The number of carbonyl (C=O) groups excluding carboxylic acids is 1. The maximum atomic E-state index is 13.5. The molecule has 1 saturated heterocycles. The molecule has 1 amide bonds. The maximum absolute atomic E-state index is 13.5. The van der Waals surface area contributed by atoms with E-state index in [0.29, 0.717) is 6.42 Å². The van der Waals surface area contributed by atoms with Gasteiger partial charge in [-0.2, -0.15) is 0 Å². The highest BCUT2D eigenvalue weighted by atomic mass is 19.1. The van der Waals surface area contributed by atoms with Gasteiger partial charge in [-0.15, -0.1) is 0 Å². The number of ether oxygens (including phenoxy) is 1. The van der Waals surface area contributed by atoms with Crippen LogP contribution in [0, 0.1) is 11.6 Å². The fraction of sp³-hybridized carbons (Fsp3) is 0.429. The summed E-state index contributed by atoms with van der Waals surface area (Å²) in [6, 6.07) is 3.13. The fourth-order valence-corrected chi connectivity index (χ4v) is 2.23. The van der Waals surface area contributed by atoms with Gasteiger partial charge in [-0.05, 0) is 18.9 Å². The van der Waals surface area contributed by atoms with Gasteiger partial charge in [0.15, 0.2) is 6.10 Å². The topological polar surface area (TPSA) is 66.8 Å². The van der Waals surface area contributed by atoms with Gasteiger partial charge < -0.3 is 14.7 Å². The molecule has 0 aromatic heterocycles. The maximum Gasteiger partial charge on any atom is 0.332 e. The van der Waals surface area contributed by atoms with E-state index in [4.69, 9.17) is 9.84 Å². The van der Waals surface area contributed by atoms with E-state index in [0.717, 1.165) is 12.1 Å². The SMILES string of the molecule is CN(Cc1ccc(F)cc1F)C(=O)C1CCC(C(=O)O)O1. The van der Waals surface area contributed by atoms with E-state index in [1.165, 1.54) is 18.0 Å². The van der Waals surface area contributed by atoms with Crippen molar-refractivity contribution < 1.29 is 28.2 Å². The summed E-state index contributed by atoms with van der Waals surface area (Å²) >= 11 is 0. The zero-order valence-electron chi connectivity index (χ0n) is 11.4. The molecule has 2 unspecified atom stereocenters. The standard InChI is InChI=1S/C14H15F2NO4/c1-17(7-8-2-3-9(15)6-10(8)16)13(18)11-4-5-12(21-11)14(19)20/h2-3,6,11-12H,4-5,7H2,1H3,(H,19,20). The van der Waals surface area contributed by atoms with Crippen molar-refractivity contribution in [1.82, 2.24) is 4.90 Å². The van der Waals surface area contributed by atoms with Crippen molar-refractivity contribution >= 4 is 11.9 Å². The Kier molecular flexibility index (Phi) is 4.52. The lowest BCUT2D eigenvalue weighted by Crippen LogP contribution is -2.37. The number of amides is 1. The lowest BCUT2D eigenvalue weighted by molar-refractivity contribution is -0.154. The molecule has 21 heavy (non-hydrogen) atoms.